The maximum atomic E-state index is 11.6. The van der Waals surface area contributed by atoms with E-state index in [1.165, 1.54) is 0 Å². The lowest BCUT2D eigenvalue weighted by atomic mass is 9.81. The van der Waals surface area contributed by atoms with Crippen molar-refractivity contribution in [2.24, 2.45) is 0 Å². The molecule has 0 spiro atoms. The molecule has 0 bridgehead atoms. The van der Waals surface area contributed by atoms with Gasteiger partial charge in [0.1, 0.15) is 5.75 Å². The Balaban J connectivity index is 2.78. The summed E-state index contributed by atoms with van der Waals surface area (Å²) in [6.45, 7) is 16.7. The molecular formula is C22H31O4P. The number of phosphoric ester groups is 1. The Bertz CT molecular complexity index is 896. The van der Waals surface area contributed by atoms with E-state index < -0.39 is 7.82 Å². The van der Waals surface area contributed by atoms with E-state index in [-0.39, 0.29) is 16.6 Å². The molecule has 0 saturated carbocycles. The Hall–Kier alpha value is -1.61. The lowest BCUT2D eigenvalue weighted by Gasteiger charge is -2.25. The summed E-state index contributed by atoms with van der Waals surface area (Å²) < 4.78 is 16.7. The number of hydrogen-bond donors (Lipinski definition) is 2. The van der Waals surface area contributed by atoms with Gasteiger partial charge in [-0.2, -0.15) is 0 Å². The number of aryl methyl sites for hydroxylation is 2. The molecule has 5 heteroatoms. The molecule has 0 unspecified atom stereocenters. The van der Waals surface area contributed by atoms with E-state index in [0.29, 0.717) is 5.56 Å². The first kappa shape index (κ1) is 21.7. The lowest BCUT2D eigenvalue weighted by Crippen LogP contribution is -2.14. The Labute approximate surface area is 162 Å². The van der Waals surface area contributed by atoms with Gasteiger partial charge in [-0.25, -0.2) is 4.57 Å². The van der Waals surface area contributed by atoms with Crippen LogP contribution >= 0.6 is 7.82 Å². The molecule has 4 nitrogen and oxygen atoms in total. The van der Waals surface area contributed by atoms with Crippen LogP contribution in [0, 0.1) is 13.8 Å². The van der Waals surface area contributed by atoms with Gasteiger partial charge in [0, 0.05) is 5.56 Å². The van der Waals surface area contributed by atoms with Crippen molar-refractivity contribution in [3.8, 4) is 16.9 Å². The van der Waals surface area contributed by atoms with Crippen LogP contribution in [-0.2, 0) is 15.4 Å². The highest BCUT2D eigenvalue weighted by molar-refractivity contribution is 7.46. The third-order valence-electron chi connectivity index (χ3n) is 4.61. The fourth-order valence-corrected chi connectivity index (χ4v) is 3.70. The van der Waals surface area contributed by atoms with Crippen molar-refractivity contribution < 1.29 is 18.9 Å². The highest BCUT2D eigenvalue weighted by atomic mass is 31.2. The fourth-order valence-electron chi connectivity index (χ4n) is 3.30. The molecule has 0 aromatic heterocycles. The van der Waals surface area contributed by atoms with E-state index in [1.54, 1.807) is 6.07 Å². The lowest BCUT2D eigenvalue weighted by molar-refractivity contribution is 0.283. The minimum absolute atomic E-state index is 0.0363. The molecule has 27 heavy (non-hydrogen) atoms. The molecule has 0 saturated heterocycles. The van der Waals surface area contributed by atoms with Crippen molar-refractivity contribution in [1.29, 1.82) is 0 Å². The average molecular weight is 390 g/mol. The van der Waals surface area contributed by atoms with E-state index in [0.717, 1.165) is 27.8 Å². The molecule has 0 atom stereocenters. The van der Waals surface area contributed by atoms with Crippen LogP contribution in [0.3, 0.4) is 0 Å². The van der Waals surface area contributed by atoms with Gasteiger partial charge >= 0.3 is 7.82 Å². The fraction of sp³-hybridized carbons (Fsp3) is 0.455. The topological polar surface area (TPSA) is 66.8 Å². The summed E-state index contributed by atoms with van der Waals surface area (Å²) in [6.07, 6.45) is 0. The van der Waals surface area contributed by atoms with Crippen LogP contribution in [0.4, 0.5) is 0 Å². The summed E-state index contributed by atoms with van der Waals surface area (Å²) in [5.41, 5.74) is 5.71. The van der Waals surface area contributed by atoms with Gasteiger partial charge in [-0.1, -0.05) is 65.3 Å². The summed E-state index contributed by atoms with van der Waals surface area (Å²) in [6, 6.07) is 9.97. The second-order valence-electron chi connectivity index (χ2n) is 9.33. The predicted octanol–water partition coefficient (Wildman–Crippen LogP) is 6.04. The highest BCUT2D eigenvalue weighted by Gasteiger charge is 2.25. The van der Waals surface area contributed by atoms with Gasteiger partial charge in [0.2, 0.25) is 0 Å². The number of phosphoric acid groups is 1. The molecule has 0 aliphatic carbocycles. The Kier molecular flexibility index (Phi) is 5.69. The van der Waals surface area contributed by atoms with Crippen LogP contribution in [0.15, 0.2) is 30.3 Å². The Morgan fingerprint density at radius 1 is 0.852 bits per heavy atom. The smallest absolute Gasteiger partial charge is 0.404 e. The van der Waals surface area contributed by atoms with E-state index >= 15 is 0 Å². The van der Waals surface area contributed by atoms with Crippen LogP contribution in [0.2, 0.25) is 0 Å². The van der Waals surface area contributed by atoms with Crippen molar-refractivity contribution in [2.75, 3.05) is 0 Å². The quantitative estimate of drug-likeness (QED) is 0.627. The molecule has 2 N–H and O–H groups in total. The highest BCUT2D eigenvalue weighted by Crippen LogP contribution is 2.45. The summed E-state index contributed by atoms with van der Waals surface area (Å²) in [5.74, 6) is 0.212. The van der Waals surface area contributed by atoms with Crippen LogP contribution in [0.5, 0.6) is 5.75 Å². The van der Waals surface area contributed by atoms with Gasteiger partial charge in [0.05, 0.1) is 0 Å². The first-order valence-corrected chi connectivity index (χ1v) is 10.6. The van der Waals surface area contributed by atoms with E-state index in [2.05, 4.69) is 53.7 Å². The normalized spacial score (nSPS) is 13.0. The van der Waals surface area contributed by atoms with Gasteiger partial charge in [-0.05, 0) is 59.1 Å². The molecule has 0 amide bonds. The van der Waals surface area contributed by atoms with Gasteiger partial charge in [-0.3, -0.25) is 9.79 Å². The largest absolute Gasteiger partial charge is 0.524 e. The van der Waals surface area contributed by atoms with Crippen molar-refractivity contribution in [1.82, 2.24) is 0 Å². The molecule has 0 fully saturated rings. The van der Waals surface area contributed by atoms with Crippen LogP contribution < -0.4 is 4.52 Å². The molecule has 2 aromatic carbocycles. The number of rotatable bonds is 3. The Morgan fingerprint density at radius 2 is 1.44 bits per heavy atom. The number of hydrogen-bond acceptors (Lipinski definition) is 2. The second-order valence-corrected chi connectivity index (χ2v) is 10.5. The van der Waals surface area contributed by atoms with E-state index in [4.69, 9.17) is 4.52 Å². The van der Waals surface area contributed by atoms with Crippen LogP contribution in [0.1, 0.15) is 63.8 Å². The molecular weight excluding hydrogens is 359 g/mol. The van der Waals surface area contributed by atoms with E-state index in [9.17, 15) is 14.4 Å². The van der Waals surface area contributed by atoms with Crippen molar-refractivity contribution in [3.05, 3.63) is 52.6 Å². The minimum atomic E-state index is -4.68. The first-order valence-electron chi connectivity index (χ1n) is 9.11. The second kappa shape index (κ2) is 7.09. The summed E-state index contributed by atoms with van der Waals surface area (Å²) in [7, 11) is -4.68. The van der Waals surface area contributed by atoms with Crippen molar-refractivity contribution >= 4 is 7.82 Å². The first-order chi connectivity index (χ1) is 12.1. The molecule has 148 valence electrons. The summed E-state index contributed by atoms with van der Waals surface area (Å²) in [5, 5.41) is 0. The van der Waals surface area contributed by atoms with E-state index in [1.807, 2.05) is 26.0 Å². The Morgan fingerprint density at radius 3 is 1.93 bits per heavy atom. The maximum absolute atomic E-state index is 11.6. The average Bonchev–Trinajstić information content (AvgIpc) is 2.44. The monoisotopic (exact) mass is 390 g/mol. The molecule has 0 heterocycles. The molecule has 2 rings (SSSR count). The minimum Gasteiger partial charge on any atom is -0.404 e. The zero-order valence-corrected chi connectivity index (χ0v) is 18.4. The van der Waals surface area contributed by atoms with Crippen molar-refractivity contribution in [2.45, 2.75) is 66.2 Å². The molecule has 2 aromatic rings. The van der Waals surface area contributed by atoms with Gasteiger partial charge in [0.15, 0.2) is 0 Å². The summed E-state index contributed by atoms with van der Waals surface area (Å²) in [4.78, 5) is 18.9. The third-order valence-corrected chi connectivity index (χ3v) is 5.04. The SMILES string of the molecule is Cc1cc(-c2cc(C)c(C(C)(C)C)cc2OP(=O)(O)O)cc(C(C)(C)C)c1. The predicted molar refractivity (Wildman–Crippen MR) is 111 cm³/mol. The van der Waals surface area contributed by atoms with Crippen LogP contribution in [0.25, 0.3) is 11.1 Å². The van der Waals surface area contributed by atoms with Gasteiger partial charge in [0.25, 0.3) is 0 Å². The summed E-state index contributed by atoms with van der Waals surface area (Å²) >= 11 is 0. The van der Waals surface area contributed by atoms with Gasteiger partial charge < -0.3 is 4.52 Å². The maximum Gasteiger partial charge on any atom is 0.524 e. The zero-order valence-electron chi connectivity index (χ0n) is 17.5. The molecule has 0 aliphatic rings. The zero-order chi connectivity index (χ0) is 20.8. The third kappa shape index (κ3) is 5.44. The van der Waals surface area contributed by atoms with Crippen molar-refractivity contribution in [3.63, 3.8) is 0 Å². The standard InChI is InChI=1S/C22H31O4P/c1-14-9-16(12-17(10-14)21(3,4)5)18-11-15(2)19(22(6,7)8)13-20(18)26-27(23,24)25/h9-13H,1-8H3,(H2,23,24,25). The van der Waals surface area contributed by atoms with Gasteiger partial charge in [-0.15, -0.1) is 0 Å². The van der Waals surface area contributed by atoms with Crippen LogP contribution in [-0.4, -0.2) is 9.79 Å². The molecule has 0 aliphatic heterocycles. The molecule has 0 radical (unpaired) electrons. The number of benzene rings is 2.